The summed E-state index contributed by atoms with van der Waals surface area (Å²) in [6.45, 7) is 7.81. The van der Waals surface area contributed by atoms with Gasteiger partial charge in [0.2, 0.25) is 17.7 Å². The number of nitrogens with one attached hydrogen (secondary N) is 3. The van der Waals surface area contributed by atoms with Crippen molar-refractivity contribution in [1.82, 2.24) is 16.0 Å². The molecule has 0 saturated heterocycles. The Kier molecular flexibility index (Phi) is 77.1. The van der Waals surface area contributed by atoms with Gasteiger partial charge in [-0.2, -0.15) is 0 Å². The molecule has 1 rings (SSSR count). The van der Waals surface area contributed by atoms with Crippen LogP contribution in [0, 0.1) is 23.7 Å². The van der Waals surface area contributed by atoms with Crippen molar-refractivity contribution < 1.29 is 121 Å². The molecule has 0 bridgehead atoms. The number of carboxylic acid groups (broad SMARTS) is 4. The Morgan fingerprint density at radius 3 is 0.905 bits per heavy atom. The molecule has 3 amide bonds. The molecular formula is C88H155N3O25. The van der Waals surface area contributed by atoms with Gasteiger partial charge in [0.1, 0.15) is 38.0 Å². The lowest BCUT2D eigenvalue weighted by Crippen LogP contribution is -2.33. The highest BCUT2D eigenvalue weighted by Crippen LogP contribution is 2.31. The zero-order chi connectivity index (χ0) is 85.4. The van der Waals surface area contributed by atoms with Crippen molar-refractivity contribution in [1.29, 1.82) is 0 Å². The second-order valence-corrected chi connectivity index (χ2v) is 31.2. The Labute approximate surface area is 693 Å². The molecule has 0 aromatic carbocycles. The van der Waals surface area contributed by atoms with E-state index < -0.39 is 35.7 Å². The first-order valence-corrected chi connectivity index (χ1v) is 44.5. The quantitative estimate of drug-likeness (QED) is 0.0278. The van der Waals surface area contributed by atoms with E-state index in [1.165, 1.54) is 136 Å². The SMILES string of the molecule is CC(=O)COCCOCCCC(=O)COCCOCCNC(=O)CC[C@H](CC(=O)C1CCC(CNC(=O)CCCCCCCCCCCCCCCCCCC(=O)O)CC1)C(=O)O.CC(=O)COCCOCCCC(=O)COCCOCCNC(=O)CC[C@H](CC(=O)CCCCCCCCCCCCCCCCCCC(=O)O)C(=O)O. The largest absolute Gasteiger partial charge is 0.481 e. The van der Waals surface area contributed by atoms with Crippen LogP contribution < -0.4 is 16.0 Å². The van der Waals surface area contributed by atoms with Crippen LogP contribution in [0.25, 0.3) is 0 Å². The maximum atomic E-state index is 13.0. The standard InChI is InChI=1S/C48H84N2O13.C40H71NO12/c1-39(51)37-62-33-31-60-29-18-19-43(52)38-63-34-32-61-30-28-49-46(55)27-26-42(48(58)59)35-44(53)41-24-22-40(23-25-41)36-50-45(54)20-16-14-12-10-8-6-4-2-3-5-7-9-11-13-15-17-21-47(56)57;1-34(42)32-52-29-27-50-25-18-20-37(44)33-53-30-28-51-26-24-41-38(45)23-22-35(40(48)49)31-36(43)19-16-14-12-10-8-6-4-2-3-5-7-9-11-13-15-17-21-39(46)47/h40-42H,2-38H2,1H3,(H,49,55)(H,50,54)(H,56,57)(H,58,59);35H,2-33H2,1H3,(H,41,45)(H,46,47)(H,48,49)/t40?,41?,42-;35-/m11/s1. The molecule has 0 aliphatic heterocycles. The number of hydrogen-bond acceptors (Lipinski definition) is 21. The predicted molar refractivity (Wildman–Crippen MR) is 442 cm³/mol. The van der Waals surface area contributed by atoms with Crippen LogP contribution in [0.2, 0.25) is 0 Å². The van der Waals surface area contributed by atoms with Crippen molar-refractivity contribution in [3.05, 3.63) is 0 Å². The average Bonchev–Trinajstić information content (AvgIpc) is 0.873. The maximum Gasteiger partial charge on any atom is 0.306 e. The van der Waals surface area contributed by atoms with E-state index in [9.17, 15) is 72.5 Å². The van der Waals surface area contributed by atoms with Gasteiger partial charge in [0.25, 0.3) is 0 Å². The third kappa shape index (κ3) is 79.1. The molecule has 1 saturated carbocycles. The molecule has 672 valence electrons. The van der Waals surface area contributed by atoms with Gasteiger partial charge in [-0.1, -0.05) is 180 Å². The Balaban J connectivity index is 0.00000232. The lowest BCUT2D eigenvalue weighted by molar-refractivity contribution is -0.145. The number of ether oxygens (including phenoxy) is 8. The van der Waals surface area contributed by atoms with Crippen molar-refractivity contribution in [2.75, 3.05) is 125 Å². The van der Waals surface area contributed by atoms with Crippen LogP contribution in [0.3, 0.4) is 0 Å². The van der Waals surface area contributed by atoms with Gasteiger partial charge < -0.3 is 74.3 Å². The minimum Gasteiger partial charge on any atom is -0.481 e. The Hall–Kier alpha value is -6.01. The maximum absolute atomic E-state index is 13.0. The number of unbranched alkanes of at least 4 members (excludes halogenated alkanes) is 30. The molecule has 0 unspecified atom stereocenters. The zero-order valence-electron chi connectivity index (χ0n) is 71.5. The van der Waals surface area contributed by atoms with Crippen molar-refractivity contribution in [3.63, 3.8) is 0 Å². The number of carbonyl (C=O) groups is 13. The molecule has 1 fully saturated rings. The lowest BCUT2D eigenvalue weighted by Gasteiger charge is -2.28. The molecule has 28 nitrogen and oxygen atoms in total. The summed E-state index contributed by atoms with van der Waals surface area (Å²) < 4.78 is 42.3. The fraction of sp³-hybridized carbons (Fsp3) is 0.852. The highest BCUT2D eigenvalue weighted by Gasteiger charge is 2.31. The molecule has 0 radical (unpaired) electrons. The minimum atomic E-state index is -1.08. The molecule has 0 aromatic rings. The van der Waals surface area contributed by atoms with Gasteiger partial charge in [-0.05, 0) is 96.8 Å². The molecule has 1 aliphatic rings. The van der Waals surface area contributed by atoms with E-state index in [2.05, 4.69) is 16.0 Å². The van der Waals surface area contributed by atoms with Gasteiger partial charge in [-0.15, -0.1) is 0 Å². The second kappa shape index (κ2) is 81.4. The van der Waals surface area contributed by atoms with Crippen LogP contribution in [0.15, 0.2) is 0 Å². The second-order valence-electron chi connectivity index (χ2n) is 31.2. The number of ketones is 6. The van der Waals surface area contributed by atoms with Crippen molar-refractivity contribution in [2.24, 2.45) is 23.7 Å². The molecule has 0 spiro atoms. The molecule has 0 heterocycles. The van der Waals surface area contributed by atoms with Crippen LogP contribution in [-0.4, -0.2) is 222 Å². The van der Waals surface area contributed by atoms with Gasteiger partial charge in [0.15, 0.2) is 23.1 Å². The molecular weight excluding hydrogens is 1500 g/mol. The van der Waals surface area contributed by atoms with Crippen molar-refractivity contribution in [2.45, 2.75) is 335 Å². The van der Waals surface area contributed by atoms with E-state index in [4.69, 9.17) is 48.1 Å². The third-order valence-corrected chi connectivity index (χ3v) is 20.3. The van der Waals surface area contributed by atoms with Gasteiger partial charge in [-0.25, -0.2) is 0 Å². The number of aliphatic carboxylic acids is 4. The fourth-order valence-electron chi connectivity index (χ4n) is 13.4. The Morgan fingerprint density at radius 2 is 0.569 bits per heavy atom. The van der Waals surface area contributed by atoms with Gasteiger partial charge in [0.05, 0.1) is 77.9 Å². The number of rotatable bonds is 87. The lowest BCUT2D eigenvalue weighted by atomic mass is 9.78. The van der Waals surface area contributed by atoms with E-state index in [0.717, 1.165) is 96.3 Å². The number of Topliss-reactive ketones (excluding diaryl/α,β-unsaturated/α-hetero) is 6. The summed E-state index contributed by atoms with van der Waals surface area (Å²) in [6.07, 6.45) is 43.4. The van der Waals surface area contributed by atoms with Crippen LogP contribution in [0.5, 0.6) is 0 Å². The summed E-state index contributed by atoms with van der Waals surface area (Å²) in [5, 5.41) is 45.1. The summed E-state index contributed by atoms with van der Waals surface area (Å²) in [7, 11) is 0. The molecule has 116 heavy (non-hydrogen) atoms. The highest BCUT2D eigenvalue weighted by atomic mass is 16.5. The van der Waals surface area contributed by atoms with Crippen molar-refractivity contribution >= 4 is 76.3 Å². The number of hydrogen-bond donors (Lipinski definition) is 7. The smallest absolute Gasteiger partial charge is 0.306 e. The Bertz CT molecular complexity index is 2570. The van der Waals surface area contributed by atoms with Crippen LogP contribution in [-0.2, 0) is 100 Å². The fourth-order valence-corrected chi connectivity index (χ4v) is 13.4. The summed E-state index contributed by atoms with van der Waals surface area (Å²) in [5.74, 6) is -6.00. The molecule has 0 aromatic heterocycles. The first-order chi connectivity index (χ1) is 56.1. The van der Waals surface area contributed by atoms with E-state index >= 15 is 0 Å². The summed E-state index contributed by atoms with van der Waals surface area (Å²) in [6, 6.07) is 0. The van der Waals surface area contributed by atoms with E-state index in [0.29, 0.717) is 110 Å². The molecule has 1 aliphatic carbocycles. The van der Waals surface area contributed by atoms with Gasteiger partial charge >= 0.3 is 23.9 Å². The Morgan fingerprint density at radius 1 is 0.284 bits per heavy atom. The normalized spacial score (nSPS) is 13.7. The summed E-state index contributed by atoms with van der Waals surface area (Å²) in [4.78, 5) is 152. The topological polar surface area (TPSA) is 413 Å². The van der Waals surface area contributed by atoms with Crippen LogP contribution in [0.4, 0.5) is 0 Å². The van der Waals surface area contributed by atoms with Crippen LogP contribution >= 0.6 is 0 Å². The van der Waals surface area contributed by atoms with Crippen LogP contribution in [0.1, 0.15) is 335 Å². The number of carbonyl (C=O) groups excluding carboxylic acids is 9. The molecule has 7 N–H and O–H groups in total. The zero-order valence-corrected chi connectivity index (χ0v) is 71.5. The first-order valence-electron chi connectivity index (χ1n) is 44.5. The molecule has 2 atom stereocenters. The first kappa shape index (κ1) is 110. The van der Waals surface area contributed by atoms with E-state index in [1.807, 2.05) is 0 Å². The number of carboxylic acids is 4. The summed E-state index contributed by atoms with van der Waals surface area (Å²) in [5.41, 5.74) is 0. The monoisotopic (exact) mass is 1650 g/mol. The number of amides is 3. The van der Waals surface area contributed by atoms with Gasteiger partial charge in [0, 0.05) is 103 Å². The van der Waals surface area contributed by atoms with E-state index in [-0.39, 0.29) is 182 Å². The average molecular weight is 1660 g/mol. The predicted octanol–water partition coefficient (Wildman–Crippen LogP) is 14.2. The minimum absolute atomic E-state index is 0.00935. The van der Waals surface area contributed by atoms with Gasteiger partial charge in [-0.3, -0.25) is 62.3 Å². The van der Waals surface area contributed by atoms with E-state index in [1.54, 1.807) is 0 Å². The van der Waals surface area contributed by atoms with Crippen molar-refractivity contribution in [3.8, 4) is 0 Å². The summed E-state index contributed by atoms with van der Waals surface area (Å²) >= 11 is 0. The highest BCUT2D eigenvalue weighted by molar-refractivity contribution is 5.87. The molecule has 28 heteroatoms. The third-order valence-electron chi connectivity index (χ3n) is 20.3.